The van der Waals surface area contributed by atoms with Crippen molar-refractivity contribution in [2.75, 3.05) is 0 Å². The van der Waals surface area contributed by atoms with Crippen LogP contribution in [0, 0.1) is 0 Å². The first-order valence-electron chi connectivity index (χ1n) is 21.4. The fourth-order valence-electron chi connectivity index (χ4n) is 9.93. The van der Waals surface area contributed by atoms with Crippen LogP contribution in [0.2, 0.25) is 0 Å². The molecule has 8 aromatic carbocycles. The lowest BCUT2D eigenvalue weighted by atomic mass is 9.98. The van der Waals surface area contributed by atoms with E-state index in [-0.39, 0.29) is 0 Å². The Morgan fingerprint density at radius 1 is 0.238 bits per heavy atom. The van der Waals surface area contributed by atoms with Crippen LogP contribution in [-0.4, -0.2) is 23.7 Å². The van der Waals surface area contributed by atoms with E-state index in [4.69, 9.17) is 4.98 Å². The van der Waals surface area contributed by atoms with Crippen molar-refractivity contribution in [3.8, 4) is 50.4 Å². The number of hydrogen-bond acceptors (Lipinski definition) is 2. The number of aromatic nitrogens is 5. The summed E-state index contributed by atoms with van der Waals surface area (Å²) in [5.74, 6) is 0. The third kappa shape index (κ3) is 5.57. The summed E-state index contributed by atoms with van der Waals surface area (Å²) in [6.45, 7) is 0. The van der Waals surface area contributed by atoms with E-state index in [9.17, 15) is 0 Å². The molecule has 13 rings (SSSR count). The van der Waals surface area contributed by atoms with E-state index >= 15 is 0 Å². The molecule has 0 N–H and O–H groups in total. The predicted octanol–water partition coefficient (Wildman–Crippen LogP) is 14.8. The van der Waals surface area contributed by atoms with Crippen LogP contribution in [0.4, 0.5) is 0 Å². The van der Waals surface area contributed by atoms with E-state index in [2.05, 4.69) is 219 Å². The van der Waals surface area contributed by atoms with Crippen LogP contribution < -0.4 is 0 Å². The van der Waals surface area contributed by atoms with Gasteiger partial charge in [-0.1, -0.05) is 127 Å². The lowest BCUT2D eigenvalue weighted by Crippen LogP contribution is -2.00. The third-order valence-corrected chi connectivity index (χ3v) is 12.8. The van der Waals surface area contributed by atoms with Gasteiger partial charge in [0.15, 0.2) is 0 Å². The molecule has 0 amide bonds. The second-order valence-corrected chi connectivity index (χ2v) is 16.3. The van der Waals surface area contributed by atoms with Gasteiger partial charge in [-0.05, 0) is 95.1 Å². The van der Waals surface area contributed by atoms with Crippen LogP contribution in [0.15, 0.2) is 225 Å². The largest absolute Gasteiger partial charge is 0.309 e. The lowest BCUT2D eigenvalue weighted by Gasteiger charge is -2.16. The highest BCUT2D eigenvalue weighted by Gasteiger charge is 2.18. The van der Waals surface area contributed by atoms with Crippen LogP contribution in [-0.2, 0) is 0 Å². The maximum atomic E-state index is 4.73. The minimum atomic E-state index is 1.07. The van der Waals surface area contributed by atoms with Gasteiger partial charge in [0.25, 0.3) is 0 Å². The number of para-hydroxylation sites is 5. The maximum Gasteiger partial charge on any atom is 0.0571 e. The van der Waals surface area contributed by atoms with Crippen molar-refractivity contribution in [2.24, 2.45) is 0 Å². The molecule has 63 heavy (non-hydrogen) atoms. The molecule has 294 valence electrons. The van der Waals surface area contributed by atoms with Crippen LogP contribution in [0.3, 0.4) is 0 Å². The standard InChI is InChI=1S/C58H37N5/c1-6-16-53-47(11-1)48-12-2-7-17-54(48)62(53)45-32-41(33-46(34-45)63-55-18-8-3-13-49(55)50-14-4-9-19-56(50)63)38-21-23-39(24-22-38)42-31-43(36-60-35-42)40-25-27-44(28-26-40)61-57-20-10-5-15-51(57)52-37-59-30-29-58(52)61/h1-37H. The second kappa shape index (κ2) is 14.0. The zero-order valence-electron chi connectivity index (χ0n) is 34.1. The molecule has 0 unspecified atom stereocenters. The van der Waals surface area contributed by atoms with Gasteiger partial charge in [0.2, 0.25) is 0 Å². The van der Waals surface area contributed by atoms with Crippen LogP contribution in [0.1, 0.15) is 0 Å². The second-order valence-electron chi connectivity index (χ2n) is 16.3. The minimum absolute atomic E-state index is 1.07. The normalized spacial score (nSPS) is 11.8. The van der Waals surface area contributed by atoms with Crippen molar-refractivity contribution in [2.45, 2.75) is 0 Å². The Hall–Kier alpha value is -8.54. The number of benzene rings is 8. The van der Waals surface area contributed by atoms with E-state index in [1.54, 1.807) is 0 Å². The molecule has 0 radical (unpaired) electrons. The molecule has 0 bridgehead atoms. The summed E-state index contributed by atoms with van der Waals surface area (Å²) < 4.78 is 7.16. The van der Waals surface area contributed by atoms with Crippen LogP contribution in [0.25, 0.3) is 116 Å². The zero-order valence-corrected chi connectivity index (χ0v) is 34.1. The van der Waals surface area contributed by atoms with Gasteiger partial charge in [0.1, 0.15) is 0 Å². The molecule has 0 fully saturated rings. The summed E-state index contributed by atoms with van der Waals surface area (Å²) in [6, 6.07) is 72.6. The van der Waals surface area contributed by atoms with Crippen molar-refractivity contribution in [3.63, 3.8) is 0 Å². The van der Waals surface area contributed by atoms with Crippen molar-refractivity contribution < 1.29 is 0 Å². The fraction of sp³-hybridized carbons (Fsp3) is 0. The van der Waals surface area contributed by atoms with Crippen molar-refractivity contribution >= 4 is 65.4 Å². The summed E-state index contributed by atoms with van der Waals surface area (Å²) in [7, 11) is 0. The Kier molecular flexibility index (Phi) is 7.84. The molecule has 0 aliphatic heterocycles. The Balaban J connectivity index is 0.904. The van der Waals surface area contributed by atoms with Crippen LogP contribution >= 0.6 is 0 Å². The van der Waals surface area contributed by atoms with Gasteiger partial charge >= 0.3 is 0 Å². The van der Waals surface area contributed by atoms with Crippen molar-refractivity contribution in [3.05, 3.63) is 225 Å². The van der Waals surface area contributed by atoms with Gasteiger partial charge < -0.3 is 13.7 Å². The van der Waals surface area contributed by atoms with Gasteiger partial charge in [-0.2, -0.15) is 0 Å². The Morgan fingerprint density at radius 3 is 1.06 bits per heavy atom. The molecule has 0 saturated carbocycles. The number of pyridine rings is 2. The maximum absolute atomic E-state index is 4.73. The highest BCUT2D eigenvalue weighted by Crippen LogP contribution is 2.39. The summed E-state index contributed by atoms with van der Waals surface area (Å²) >= 11 is 0. The monoisotopic (exact) mass is 803 g/mol. The predicted molar refractivity (Wildman–Crippen MR) is 261 cm³/mol. The van der Waals surface area contributed by atoms with Gasteiger partial charge in [-0.3, -0.25) is 9.97 Å². The first kappa shape index (κ1) is 35.2. The third-order valence-electron chi connectivity index (χ3n) is 12.8. The molecule has 13 aromatic rings. The molecule has 0 aliphatic carbocycles. The van der Waals surface area contributed by atoms with Gasteiger partial charge in [0, 0.05) is 85.3 Å². The zero-order chi connectivity index (χ0) is 41.4. The van der Waals surface area contributed by atoms with Crippen molar-refractivity contribution in [1.82, 2.24) is 23.7 Å². The molecular formula is C58H37N5. The summed E-state index contributed by atoms with van der Waals surface area (Å²) in [5, 5.41) is 7.33. The minimum Gasteiger partial charge on any atom is -0.309 e. The number of hydrogen-bond donors (Lipinski definition) is 0. The Morgan fingerprint density at radius 2 is 0.603 bits per heavy atom. The number of nitrogens with zero attached hydrogens (tertiary/aromatic N) is 5. The highest BCUT2D eigenvalue weighted by molar-refractivity contribution is 6.11. The molecular weight excluding hydrogens is 767 g/mol. The van der Waals surface area contributed by atoms with Crippen molar-refractivity contribution in [1.29, 1.82) is 0 Å². The first-order valence-corrected chi connectivity index (χ1v) is 21.4. The molecule has 5 heteroatoms. The van der Waals surface area contributed by atoms with Crippen LogP contribution in [0.5, 0.6) is 0 Å². The van der Waals surface area contributed by atoms with E-state index in [0.29, 0.717) is 0 Å². The van der Waals surface area contributed by atoms with Gasteiger partial charge in [0.05, 0.1) is 33.1 Å². The fourth-order valence-corrected chi connectivity index (χ4v) is 9.93. The molecule has 0 spiro atoms. The molecule has 5 aromatic heterocycles. The average Bonchev–Trinajstić information content (AvgIpc) is 4.00. The van der Waals surface area contributed by atoms with Gasteiger partial charge in [-0.15, -0.1) is 0 Å². The molecule has 0 atom stereocenters. The summed E-state index contributed by atoms with van der Waals surface area (Å²) in [4.78, 5) is 9.15. The van der Waals surface area contributed by atoms with E-state index in [1.807, 2.05) is 24.8 Å². The molecule has 0 saturated heterocycles. The average molecular weight is 804 g/mol. The van der Waals surface area contributed by atoms with E-state index in [0.717, 1.165) is 61.3 Å². The summed E-state index contributed by atoms with van der Waals surface area (Å²) in [5.41, 5.74) is 17.1. The quantitative estimate of drug-likeness (QED) is 0.168. The first-order chi connectivity index (χ1) is 31.2. The molecule has 0 aliphatic rings. The summed E-state index contributed by atoms with van der Waals surface area (Å²) in [6.07, 6.45) is 7.74. The lowest BCUT2D eigenvalue weighted by molar-refractivity contribution is 1.13. The number of rotatable bonds is 6. The smallest absolute Gasteiger partial charge is 0.0571 e. The Labute approximate surface area is 363 Å². The Bertz CT molecular complexity index is 3610. The molecule has 5 heterocycles. The highest BCUT2D eigenvalue weighted by atomic mass is 15.0. The number of fused-ring (bicyclic) bond motifs is 9. The SMILES string of the molecule is c1ccc2c(c1)c1ccccc1n2-c1cc(-c2ccc(-c3cncc(-c4ccc(-n5c6ccccc6c6cnccc65)cc4)c3)cc2)cc(-n2c3ccccc3c3ccccc32)c1. The van der Waals surface area contributed by atoms with Gasteiger partial charge in [-0.25, -0.2) is 0 Å². The topological polar surface area (TPSA) is 40.6 Å². The van der Waals surface area contributed by atoms with E-state index in [1.165, 1.54) is 54.5 Å². The molecule has 5 nitrogen and oxygen atoms in total. The van der Waals surface area contributed by atoms with E-state index < -0.39 is 0 Å².